The van der Waals surface area contributed by atoms with Crippen molar-refractivity contribution in [2.75, 3.05) is 0 Å². The lowest BCUT2D eigenvalue weighted by Gasteiger charge is -2.04. The van der Waals surface area contributed by atoms with Gasteiger partial charge in [-0.1, -0.05) is 34.1 Å². The summed E-state index contributed by atoms with van der Waals surface area (Å²) in [7, 11) is 1.92. The van der Waals surface area contributed by atoms with Crippen LogP contribution in [0.15, 0.2) is 28.9 Å². The van der Waals surface area contributed by atoms with Crippen LogP contribution >= 0.6 is 15.9 Å². The predicted octanol–water partition coefficient (Wildman–Crippen LogP) is 3.41. The van der Waals surface area contributed by atoms with Crippen LogP contribution in [0.1, 0.15) is 42.0 Å². The third-order valence-corrected chi connectivity index (χ3v) is 4.06. The molecule has 1 heterocycles. The molecule has 0 radical (unpaired) electrons. The molecule has 1 fully saturated rings. The van der Waals surface area contributed by atoms with Crippen molar-refractivity contribution in [3.05, 3.63) is 45.7 Å². The fourth-order valence-electron chi connectivity index (χ4n) is 2.52. The summed E-state index contributed by atoms with van der Waals surface area (Å²) in [5.74, 6) is 1.17. The summed E-state index contributed by atoms with van der Waals surface area (Å²) in [6.07, 6.45) is 4.30. The summed E-state index contributed by atoms with van der Waals surface area (Å²) in [5.41, 5.74) is 3.95. The maximum Gasteiger partial charge on any atom is 0.0864 e. The third kappa shape index (κ3) is 2.21. The first-order valence-electron chi connectivity index (χ1n) is 6.33. The number of hydrogen-bond acceptors (Lipinski definition) is 2. The van der Waals surface area contributed by atoms with Gasteiger partial charge in [0.05, 0.1) is 5.69 Å². The highest BCUT2D eigenvalue weighted by Crippen LogP contribution is 2.54. The molecule has 2 atom stereocenters. The van der Waals surface area contributed by atoms with Crippen molar-refractivity contribution < 1.29 is 0 Å². The van der Waals surface area contributed by atoms with E-state index in [4.69, 9.17) is 0 Å². The number of rotatable bonds is 3. The van der Waals surface area contributed by atoms with Gasteiger partial charge in [0, 0.05) is 23.6 Å². The Morgan fingerprint density at radius 2 is 2.17 bits per heavy atom. The molecule has 2 unspecified atom stereocenters. The zero-order chi connectivity index (χ0) is 12.7. The SMILES string of the molecule is CCc1cc(Br)cc(C2CC2c2cn(C)nn2)c1. The summed E-state index contributed by atoms with van der Waals surface area (Å²) in [6, 6.07) is 6.76. The average molecular weight is 306 g/mol. The molecule has 1 aromatic heterocycles. The summed E-state index contributed by atoms with van der Waals surface area (Å²) in [6.45, 7) is 2.19. The van der Waals surface area contributed by atoms with E-state index in [-0.39, 0.29) is 0 Å². The molecule has 1 saturated carbocycles. The molecule has 2 aromatic rings. The van der Waals surface area contributed by atoms with Gasteiger partial charge in [-0.25, -0.2) is 0 Å². The molecule has 4 heteroatoms. The van der Waals surface area contributed by atoms with Gasteiger partial charge >= 0.3 is 0 Å². The largest absolute Gasteiger partial charge is 0.255 e. The molecule has 18 heavy (non-hydrogen) atoms. The van der Waals surface area contributed by atoms with E-state index in [1.54, 1.807) is 4.68 Å². The Kier molecular flexibility index (Phi) is 2.98. The number of benzene rings is 1. The molecule has 0 saturated heterocycles. The quantitative estimate of drug-likeness (QED) is 0.870. The Hall–Kier alpha value is -1.16. The number of nitrogens with zero attached hydrogens (tertiary/aromatic N) is 3. The van der Waals surface area contributed by atoms with Gasteiger partial charge in [0.2, 0.25) is 0 Å². The highest BCUT2D eigenvalue weighted by molar-refractivity contribution is 9.10. The van der Waals surface area contributed by atoms with Crippen LogP contribution in [0, 0.1) is 0 Å². The third-order valence-electron chi connectivity index (χ3n) is 3.61. The molecular weight excluding hydrogens is 290 g/mol. The lowest BCUT2D eigenvalue weighted by atomic mass is 10.0. The van der Waals surface area contributed by atoms with Gasteiger partial charge in [-0.2, -0.15) is 0 Å². The van der Waals surface area contributed by atoms with E-state index < -0.39 is 0 Å². The van der Waals surface area contributed by atoms with Crippen molar-refractivity contribution in [2.24, 2.45) is 7.05 Å². The molecule has 0 spiro atoms. The van der Waals surface area contributed by atoms with Crippen LogP contribution in [-0.2, 0) is 13.5 Å². The van der Waals surface area contributed by atoms with Crippen LogP contribution in [-0.4, -0.2) is 15.0 Å². The zero-order valence-electron chi connectivity index (χ0n) is 10.6. The van der Waals surface area contributed by atoms with Gasteiger partial charge in [-0.05, 0) is 42.0 Å². The van der Waals surface area contributed by atoms with Crippen LogP contribution < -0.4 is 0 Å². The van der Waals surface area contributed by atoms with Gasteiger partial charge in [0.25, 0.3) is 0 Å². The van der Waals surface area contributed by atoms with Crippen molar-refractivity contribution >= 4 is 15.9 Å². The van der Waals surface area contributed by atoms with Crippen molar-refractivity contribution in [3.8, 4) is 0 Å². The van der Waals surface area contributed by atoms with Crippen molar-refractivity contribution in [2.45, 2.75) is 31.6 Å². The molecule has 0 aliphatic heterocycles. The fourth-order valence-corrected chi connectivity index (χ4v) is 3.08. The Morgan fingerprint density at radius 3 is 2.83 bits per heavy atom. The first-order valence-corrected chi connectivity index (χ1v) is 7.12. The average Bonchev–Trinajstić information content (AvgIpc) is 3.04. The van der Waals surface area contributed by atoms with E-state index in [0.717, 1.165) is 12.1 Å². The minimum absolute atomic E-state index is 0.553. The van der Waals surface area contributed by atoms with Gasteiger partial charge in [0.15, 0.2) is 0 Å². The number of hydrogen-bond donors (Lipinski definition) is 0. The molecule has 1 aliphatic carbocycles. The molecule has 3 nitrogen and oxygen atoms in total. The van der Waals surface area contributed by atoms with Crippen LogP contribution in [0.5, 0.6) is 0 Å². The van der Waals surface area contributed by atoms with Gasteiger partial charge in [-0.3, -0.25) is 4.68 Å². The van der Waals surface area contributed by atoms with Gasteiger partial charge in [-0.15, -0.1) is 5.10 Å². The highest BCUT2D eigenvalue weighted by Gasteiger charge is 2.41. The van der Waals surface area contributed by atoms with E-state index >= 15 is 0 Å². The lowest BCUT2D eigenvalue weighted by Crippen LogP contribution is -1.88. The van der Waals surface area contributed by atoms with Crippen molar-refractivity contribution in [1.82, 2.24) is 15.0 Å². The molecule has 1 aromatic carbocycles. The maximum absolute atomic E-state index is 4.22. The molecule has 3 rings (SSSR count). The number of aryl methyl sites for hydroxylation is 2. The summed E-state index contributed by atoms with van der Waals surface area (Å²) in [4.78, 5) is 0. The zero-order valence-corrected chi connectivity index (χ0v) is 12.2. The smallest absolute Gasteiger partial charge is 0.0864 e. The Bertz CT molecular complexity index is 576. The van der Waals surface area contributed by atoms with E-state index in [1.807, 2.05) is 13.2 Å². The van der Waals surface area contributed by atoms with E-state index in [2.05, 4.69) is 51.4 Å². The maximum atomic E-state index is 4.22. The van der Waals surface area contributed by atoms with E-state index in [9.17, 15) is 0 Å². The molecular formula is C14H16BrN3. The molecule has 1 aliphatic rings. The van der Waals surface area contributed by atoms with E-state index in [1.165, 1.54) is 22.0 Å². The standard InChI is InChI=1S/C14H16BrN3/c1-3-9-4-10(6-11(15)5-9)12-7-13(12)14-8-18(2)17-16-14/h4-6,8,12-13H,3,7H2,1-2H3. The van der Waals surface area contributed by atoms with Crippen molar-refractivity contribution in [3.63, 3.8) is 0 Å². The fraction of sp³-hybridized carbons (Fsp3) is 0.429. The molecule has 0 bridgehead atoms. The number of halogens is 1. The van der Waals surface area contributed by atoms with Crippen LogP contribution in [0.4, 0.5) is 0 Å². The Balaban J connectivity index is 1.83. The second kappa shape index (κ2) is 4.50. The van der Waals surface area contributed by atoms with Crippen LogP contribution in [0.25, 0.3) is 0 Å². The first-order chi connectivity index (χ1) is 8.67. The highest BCUT2D eigenvalue weighted by atomic mass is 79.9. The Morgan fingerprint density at radius 1 is 1.33 bits per heavy atom. The molecule has 94 valence electrons. The second-order valence-electron chi connectivity index (χ2n) is 5.01. The summed E-state index contributed by atoms with van der Waals surface area (Å²) < 4.78 is 2.96. The van der Waals surface area contributed by atoms with Gasteiger partial charge < -0.3 is 0 Å². The first kappa shape index (κ1) is 11.9. The predicted molar refractivity (Wildman–Crippen MR) is 74.6 cm³/mol. The van der Waals surface area contributed by atoms with Gasteiger partial charge in [0.1, 0.15) is 0 Å². The Labute approximate surface area is 115 Å². The topological polar surface area (TPSA) is 30.7 Å². The minimum atomic E-state index is 0.553. The second-order valence-corrected chi connectivity index (χ2v) is 5.93. The molecule has 0 amide bonds. The summed E-state index contributed by atoms with van der Waals surface area (Å²) >= 11 is 3.60. The normalized spacial score (nSPS) is 22.2. The van der Waals surface area contributed by atoms with E-state index in [0.29, 0.717) is 11.8 Å². The van der Waals surface area contributed by atoms with Crippen LogP contribution in [0.3, 0.4) is 0 Å². The summed E-state index contributed by atoms with van der Waals surface area (Å²) in [5, 5.41) is 8.23. The van der Waals surface area contributed by atoms with Crippen LogP contribution in [0.2, 0.25) is 0 Å². The lowest BCUT2D eigenvalue weighted by molar-refractivity contribution is 0.713. The van der Waals surface area contributed by atoms with Crippen molar-refractivity contribution in [1.29, 1.82) is 0 Å². The minimum Gasteiger partial charge on any atom is -0.255 e. The molecule has 0 N–H and O–H groups in total. The number of aromatic nitrogens is 3. The monoisotopic (exact) mass is 305 g/mol.